The molecule has 18 heavy (non-hydrogen) atoms. The summed E-state index contributed by atoms with van der Waals surface area (Å²) in [6.07, 6.45) is 3.87. The van der Waals surface area contributed by atoms with E-state index in [4.69, 9.17) is 0 Å². The Balaban J connectivity index is 1.87. The minimum absolute atomic E-state index is 0.899. The van der Waals surface area contributed by atoms with Crippen LogP contribution in [0.3, 0.4) is 0 Å². The lowest BCUT2D eigenvalue weighted by Crippen LogP contribution is -2.19. The monoisotopic (exact) mass is 246 g/mol. The van der Waals surface area contributed by atoms with Crippen LogP contribution < -0.4 is 10.2 Å². The molecule has 1 unspecified atom stereocenters. The predicted octanol–water partition coefficient (Wildman–Crippen LogP) is 3.42. The second kappa shape index (κ2) is 6.79. The normalized spacial score (nSPS) is 19.4. The van der Waals surface area contributed by atoms with Crippen LogP contribution in [0.5, 0.6) is 0 Å². The van der Waals surface area contributed by atoms with Gasteiger partial charge in [0.1, 0.15) is 0 Å². The Kier molecular flexibility index (Phi) is 5.06. The summed E-state index contributed by atoms with van der Waals surface area (Å²) in [5, 5.41) is 3.44. The molecular weight excluding hydrogens is 220 g/mol. The zero-order valence-electron chi connectivity index (χ0n) is 11.8. The van der Waals surface area contributed by atoms with Gasteiger partial charge in [-0.15, -0.1) is 0 Å². The molecule has 0 aliphatic carbocycles. The summed E-state index contributed by atoms with van der Waals surface area (Å²) in [5.74, 6) is 0.899. The standard InChI is InChI=1S/C16H26N2/c1-3-10-17-12-15-5-7-16(8-6-15)18-11-9-14(4-2)13-18/h5-8,14,17H,3-4,9-13H2,1-2H3. The van der Waals surface area contributed by atoms with E-state index in [9.17, 15) is 0 Å². The van der Waals surface area contributed by atoms with E-state index in [0.717, 1.165) is 19.0 Å². The van der Waals surface area contributed by atoms with Crippen molar-refractivity contribution in [2.75, 3.05) is 24.5 Å². The number of nitrogens with one attached hydrogen (secondary N) is 1. The fourth-order valence-corrected chi connectivity index (χ4v) is 2.63. The summed E-state index contributed by atoms with van der Waals surface area (Å²) in [4.78, 5) is 2.53. The molecule has 100 valence electrons. The van der Waals surface area contributed by atoms with Gasteiger partial charge >= 0.3 is 0 Å². The van der Waals surface area contributed by atoms with Crippen molar-refractivity contribution in [2.45, 2.75) is 39.7 Å². The van der Waals surface area contributed by atoms with Crippen LogP contribution in [0.1, 0.15) is 38.7 Å². The second-order valence-corrected chi connectivity index (χ2v) is 5.35. The molecule has 0 amide bonds. The number of rotatable bonds is 6. The van der Waals surface area contributed by atoms with Crippen molar-refractivity contribution in [3.05, 3.63) is 29.8 Å². The van der Waals surface area contributed by atoms with Crippen molar-refractivity contribution in [3.8, 4) is 0 Å². The molecule has 1 aliphatic heterocycles. The van der Waals surface area contributed by atoms with E-state index < -0.39 is 0 Å². The van der Waals surface area contributed by atoms with E-state index in [1.807, 2.05) is 0 Å². The smallest absolute Gasteiger partial charge is 0.0366 e. The van der Waals surface area contributed by atoms with Gasteiger partial charge in [0.15, 0.2) is 0 Å². The molecule has 1 saturated heterocycles. The lowest BCUT2D eigenvalue weighted by atomic mass is 10.1. The molecule has 2 heteroatoms. The highest BCUT2D eigenvalue weighted by molar-refractivity contribution is 5.48. The highest BCUT2D eigenvalue weighted by atomic mass is 15.1. The Hall–Kier alpha value is -1.02. The van der Waals surface area contributed by atoms with Gasteiger partial charge in [0.05, 0.1) is 0 Å². The molecule has 0 bridgehead atoms. The first kappa shape index (κ1) is 13.4. The Morgan fingerprint density at radius 2 is 2.00 bits per heavy atom. The predicted molar refractivity (Wildman–Crippen MR) is 79.1 cm³/mol. The number of hydrogen-bond acceptors (Lipinski definition) is 2. The van der Waals surface area contributed by atoms with Crippen molar-refractivity contribution in [2.24, 2.45) is 5.92 Å². The molecule has 1 heterocycles. The first-order valence-electron chi connectivity index (χ1n) is 7.38. The van der Waals surface area contributed by atoms with Gasteiger partial charge in [0.25, 0.3) is 0 Å². The molecule has 0 spiro atoms. The molecule has 1 N–H and O–H groups in total. The second-order valence-electron chi connectivity index (χ2n) is 5.35. The minimum Gasteiger partial charge on any atom is -0.371 e. The summed E-state index contributed by atoms with van der Waals surface area (Å²) in [7, 11) is 0. The number of benzene rings is 1. The maximum Gasteiger partial charge on any atom is 0.0366 e. The van der Waals surface area contributed by atoms with Gasteiger partial charge in [-0.25, -0.2) is 0 Å². The fourth-order valence-electron chi connectivity index (χ4n) is 2.63. The first-order valence-corrected chi connectivity index (χ1v) is 7.38. The zero-order chi connectivity index (χ0) is 12.8. The van der Waals surface area contributed by atoms with Crippen molar-refractivity contribution < 1.29 is 0 Å². The fraction of sp³-hybridized carbons (Fsp3) is 0.625. The molecule has 0 saturated carbocycles. The Morgan fingerprint density at radius 3 is 2.61 bits per heavy atom. The quantitative estimate of drug-likeness (QED) is 0.774. The van der Waals surface area contributed by atoms with Crippen LogP contribution >= 0.6 is 0 Å². The van der Waals surface area contributed by atoms with Crippen LogP contribution in [0.15, 0.2) is 24.3 Å². The molecule has 1 aromatic rings. The third-order valence-corrected chi connectivity index (χ3v) is 3.92. The highest BCUT2D eigenvalue weighted by Gasteiger charge is 2.20. The van der Waals surface area contributed by atoms with Gasteiger partial charge in [-0.2, -0.15) is 0 Å². The lowest BCUT2D eigenvalue weighted by Gasteiger charge is -2.19. The Labute approximate surface area is 111 Å². The maximum atomic E-state index is 3.44. The summed E-state index contributed by atoms with van der Waals surface area (Å²) in [5.41, 5.74) is 2.78. The Morgan fingerprint density at radius 1 is 1.22 bits per heavy atom. The maximum absolute atomic E-state index is 3.44. The zero-order valence-corrected chi connectivity index (χ0v) is 11.8. The molecule has 2 nitrogen and oxygen atoms in total. The van der Waals surface area contributed by atoms with E-state index in [1.54, 1.807) is 0 Å². The Bertz CT molecular complexity index is 345. The van der Waals surface area contributed by atoms with Crippen LogP contribution in [0.4, 0.5) is 5.69 Å². The molecule has 1 aliphatic rings. The van der Waals surface area contributed by atoms with Crippen molar-refractivity contribution >= 4 is 5.69 Å². The van der Waals surface area contributed by atoms with E-state index in [2.05, 4.69) is 48.3 Å². The summed E-state index contributed by atoms with van der Waals surface area (Å²) >= 11 is 0. The topological polar surface area (TPSA) is 15.3 Å². The summed E-state index contributed by atoms with van der Waals surface area (Å²) in [6, 6.07) is 9.08. The molecular formula is C16H26N2. The van der Waals surface area contributed by atoms with Crippen molar-refractivity contribution in [3.63, 3.8) is 0 Å². The molecule has 1 atom stereocenters. The van der Waals surface area contributed by atoms with E-state index in [-0.39, 0.29) is 0 Å². The molecule has 2 rings (SSSR count). The number of anilines is 1. The van der Waals surface area contributed by atoms with E-state index in [1.165, 1.54) is 43.6 Å². The molecule has 0 radical (unpaired) electrons. The highest BCUT2D eigenvalue weighted by Crippen LogP contribution is 2.25. The van der Waals surface area contributed by atoms with Crippen LogP contribution in [0.2, 0.25) is 0 Å². The van der Waals surface area contributed by atoms with Gasteiger partial charge in [0, 0.05) is 25.3 Å². The average molecular weight is 246 g/mol. The van der Waals surface area contributed by atoms with Gasteiger partial charge < -0.3 is 10.2 Å². The SMILES string of the molecule is CCCNCc1ccc(N2CCC(CC)C2)cc1. The van der Waals surface area contributed by atoms with Crippen LogP contribution in [0, 0.1) is 5.92 Å². The van der Waals surface area contributed by atoms with Crippen LogP contribution in [0.25, 0.3) is 0 Å². The first-order chi connectivity index (χ1) is 8.83. The van der Waals surface area contributed by atoms with E-state index >= 15 is 0 Å². The van der Waals surface area contributed by atoms with Gasteiger partial charge in [0.2, 0.25) is 0 Å². The molecule has 1 aromatic carbocycles. The van der Waals surface area contributed by atoms with E-state index in [0.29, 0.717) is 0 Å². The number of nitrogens with zero attached hydrogens (tertiary/aromatic N) is 1. The summed E-state index contributed by atoms with van der Waals surface area (Å²) < 4.78 is 0. The van der Waals surface area contributed by atoms with Crippen molar-refractivity contribution in [1.82, 2.24) is 5.32 Å². The minimum atomic E-state index is 0.899. The van der Waals surface area contributed by atoms with Gasteiger partial charge in [-0.3, -0.25) is 0 Å². The lowest BCUT2D eigenvalue weighted by molar-refractivity contribution is 0.569. The third kappa shape index (κ3) is 3.49. The molecule has 1 fully saturated rings. The van der Waals surface area contributed by atoms with Crippen LogP contribution in [-0.2, 0) is 6.54 Å². The summed E-state index contributed by atoms with van der Waals surface area (Å²) in [6.45, 7) is 9.07. The third-order valence-electron chi connectivity index (χ3n) is 3.92. The van der Waals surface area contributed by atoms with Crippen molar-refractivity contribution in [1.29, 1.82) is 0 Å². The largest absolute Gasteiger partial charge is 0.371 e. The van der Waals surface area contributed by atoms with Gasteiger partial charge in [-0.05, 0) is 43.0 Å². The van der Waals surface area contributed by atoms with Crippen LogP contribution in [-0.4, -0.2) is 19.6 Å². The molecule has 0 aromatic heterocycles. The number of hydrogen-bond donors (Lipinski definition) is 1. The van der Waals surface area contributed by atoms with Gasteiger partial charge in [-0.1, -0.05) is 32.4 Å². The average Bonchev–Trinajstić information content (AvgIpc) is 2.89.